The largest absolute Gasteiger partial charge is 0.383 e. The van der Waals surface area contributed by atoms with Crippen molar-refractivity contribution >= 4 is 21.6 Å². The van der Waals surface area contributed by atoms with Gasteiger partial charge in [0.05, 0.1) is 16.4 Å². The number of fused-ring (bicyclic) bond motifs is 1. The van der Waals surface area contributed by atoms with E-state index in [0.717, 1.165) is 16.4 Å². The summed E-state index contributed by atoms with van der Waals surface area (Å²) >= 11 is 1.54. The summed E-state index contributed by atoms with van der Waals surface area (Å²) in [5.74, 6) is -0.517. The number of hydrogen-bond donors (Lipinski definition) is 1. The van der Waals surface area contributed by atoms with Crippen molar-refractivity contribution < 1.29 is 9.50 Å². The lowest BCUT2D eigenvalue weighted by atomic mass is 10.0. The van der Waals surface area contributed by atoms with Gasteiger partial charge >= 0.3 is 0 Å². The Morgan fingerprint density at radius 1 is 1.28 bits per heavy atom. The maximum absolute atomic E-state index is 13.5. The third-order valence-corrected chi connectivity index (χ3v) is 3.59. The molecule has 3 rings (SSSR count). The van der Waals surface area contributed by atoms with Crippen molar-refractivity contribution in [2.75, 3.05) is 0 Å². The van der Waals surface area contributed by atoms with Crippen molar-refractivity contribution in [3.63, 3.8) is 0 Å². The second-order valence-corrected chi connectivity index (χ2v) is 4.82. The molecule has 0 saturated heterocycles. The first-order valence-electron chi connectivity index (χ1n) is 5.36. The quantitative estimate of drug-likeness (QED) is 0.770. The Bertz CT molecular complexity index is 698. The normalized spacial score (nSPS) is 12.8. The van der Waals surface area contributed by atoms with E-state index in [4.69, 9.17) is 0 Å². The summed E-state index contributed by atoms with van der Waals surface area (Å²) in [4.78, 5) is 7.89. The van der Waals surface area contributed by atoms with Crippen molar-refractivity contribution in [3.8, 4) is 0 Å². The van der Waals surface area contributed by atoms with E-state index in [1.54, 1.807) is 6.20 Å². The highest BCUT2D eigenvalue weighted by atomic mass is 32.1. The molecule has 18 heavy (non-hydrogen) atoms. The Morgan fingerprint density at radius 3 is 3.00 bits per heavy atom. The molecule has 0 amide bonds. The van der Waals surface area contributed by atoms with Crippen LogP contribution >= 0.6 is 11.3 Å². The van der Waals surface area contributed by atoms with Crippen LogP contribution in [-0.2, 0) is 0 Å². The van der Waals surface area contributed by atoms with Crippen LogP contribution in [0.15, 0.2) is 42.2 Å². The van der Waals surface area contributed by atoms with Crippen molar-refractivity contribution in [3.05, 3.63) is 59.1 Å². The van der Waals surface area contributed by atoms with Crippen LogP contribution in [0.5, 0.6) is 0 Å². The number of halogens is 1. The Labute approximate surface area is 107 Å². The van der Waals surface area contributed by atoms with Gasteiger partial charge in [-0.2, -0.15) is 0 Å². The summed E-state index contributed by atoms with van der Waals surface area (Å²) in [6.07, 6.45) is 3.10. The minimum Gasteiger partial charge on any atom is -0.383 e. The van der Waals surface area contributed by atoms with Crippen LogP contribution < -0.4 is 0 Å². The van der Waals surface area contributed by atoms with Crippen LogP contribution in [0.25, 0.3) is 10.2 Å². The summed E-state index contributed by atoms with van der Waals surface area (Å²) in [5.41, 5.74) is 1.67. The van der Waals surface area contributed by atoms with Crippen LogP contribution in [0.3, 0.4) is 0 Å². The molecule has 0 aliphatic heterocycles. The summed E-state index contributed by atoms with van der Waals surface area (Å²) in [5, 5.41) is 12.1. The van der Waals surface area contributed by atoms with Crippen LogP contribution in [0.2, 0.25) is 0 Å². The second kappa shape index (κ2) is 4.44. The molecular formula is C13H9FN2OS. The predicted octanol–water partition coefficient (Wildman–Crippen LogP) is 2.91. The molecule has 0 aliphatic rings. The van der Waals surface area contributed by atoms with Crippen LogP contribution in [0, 0.1) is 5.82 Å². The predicted molar refractivity (Wildman–Crippen MR) is 67.9 cm³/mol. The number of aromatic nitrogens is 2. The maximum atomic E-state index is 13.5. The van der Waals surface area contributed by atoms with Gasteiger partial charge in [0.2, 0.25) is 0 Å². The molecule has 1 unspecified atom stereocenters. The zero-order valence-corrected chi connectivity index (χ0v) is 10.1. The summed E-state index contributed by atoms with van der Waals surface area (Å²) in [7, 11) is 0. The van der Waals surface area contributed by atoms with E-state index in [-0.39, 0.29) is 5.56 Å². The second-order valence-electron chi connectivity index (χ2n) is 3.87. The number of pyridine rings is 2. The maximum Gasteiger partial charge on any atom is 0.147 e. The van der Waals surface area contributed by atoms with E-state index >= 15 is 0 Å². The van der Waals surface area contributed by atoms with Crippen molar-refractivity contribution in [1.82, 2.24) is 9.97 Å². The van der Waals surface area contributed by atoms with Crippen molar-refractivity contribution in [2.24, 2.45) is 0 Å². The van der Waals surface area contributed by atoms with Gasteiger partial charge < -0.3 is 5.11 Å². The molecule has 3 nitrogen and oxygen atoms in total. The third kappa shape index (κ3) is 1.87. The average Bonchev–Trinajstić information content (AvgIpc) is 2.85. The molecular weight excluding hydrogens is 251 g/mol. The van der Waals surface area contributed by atoms with Gasteiger partial charge in [0, 0.05) is 23.5 Å². The third-order valence-electron chi connectivity index (χ3n) is 2.74. The fraction of sp³-hybridized carbons (Fsp3) is 0.0769. The average molecular weight is 260 g/mol. The number of rotatable bonds is 2. The number of hydrogen-bond acceptors (Lipinski definition) is 4. The van der Waals surface area contributed by atoms with Gasteiger partial charge in [-0.15, -0.1) is 11.3 Å². The Hall–Kier alpha value is -1.85. The smallest absolute Gasteiger partial charge is 0.147 e. The molecule has 1 atom stereocenters. The minimum atomic E-state index is -1.02. The van der Waals surface area contributed by atoms with Gasteiger partial charge in [-0.25, -0.2) is 4.39 Å². The van der Waals surface area contributed by atoms with Gasteiger partial charge in [0.25, 0.3) is 0 Å². The van der Waals surface area contributed by atoms with E-state index in [0.29, 0.717) is 5.56 Å². The van der Waals surface area contributed by atoms with E-state index in [1.165, 1.54) is 23.6 Å². The highest BCUT2D eigenvalue weighted by Gasteiger charge is 2.15. The number of nitrogens with zero attached hydrogens (tertiary/aromatic N) is 2. The first-order chi connectivity index (χ1) is 8.75. The summed E-state index contributed by atoms with van der Waals surface area (Å²) < 4.78 is 14.5. The fourth-order valence-corrected chi connectivity index (χ4v) is 2.59. The number of aliphatic hydroxyl groups is 1. The van der Waals surface area contributed by atoms with Gasteiger partial charge in [-0.05, 0) is 23.6 Å². The number of thiophene rings is 1. The first kappa shape index (κ1) is 11.3. The zero-order valence-electron chi connectivity index (χ0n) is 9.25. The lowest BCUT2D eigenvalue weighted by molar-refractivity contribution is 0.214. The Kier molecular flexibility index (Phi) is 2.77. The fourth-order valence-electron chi connectivity index (χ4n) is 1.80. The van der Waals surface area contributed by atoms with Gasteiger partial charge in [-0.3, -0.25) is 9.97 Å². The van der Waals surface area contributed by atoms with E-state index in [2.05, 4.69) is 9.97 Å². The van der Waals surface area contributed by atoms with Gasteiger partial charge in [-0.1, -0.05) is 0 Å². The Balaban J connectivity index is 2.06. The highest BCUT2D eigenvalue weighted by molar-refractivity contribution is 7.17. The molecule has 0 fully saturated rings. The molecule has 1 N–H and O–H groups in total. The summed E-state index contributed by atoms with van der Waals surface area (Å²) in [6.45, 7) is 0. The van der Waals surface area contributed by atoms with Gasteiger partial charge in [0.15, 0.2) is 0 Å². The molecule has 0 radical (unpaired) electrons. The first-order valence-corrected chi connectivity index (χ1v) is 6.24. The molecule has 5 heteroatoms. The van der Waals surface area contributed by atoms with Crippen molar-refractivity contribution in [2.45, 2.75) is 6.10 Å². The molecule has 0 bridgehead atoms. The lowest BCUT2D eigenvalue weighted by Gasteiger charge is -2.11. The SMILES string of the molecule is OC(c1cnc2ccsc2c1)c1ccncc1F. The van der Waals surface area contributed by atoms with Crippen LogP contribution in [-0.4, -0.2) is 15.1 Å². The Morgan fingerprint density at radius 2 is 2.17 bits per heavy atom. The molecule has 3 aromatic rings. The van der Waals surface area contributed by atoms with Crippen molar-refractivity contribution in [1.29, 1.82) is 0 Å². The number of aliphatic hydroxyl groups excluding tert-OH is 1. The van der Waals surface area contributed by atoms with Crippen LogP contribution in [0.1, 0.15) is 17.2 Å². The van der Waals surface area contributed by atoms with Gasteiger partial charge in [0.1, 0.15) is 11.9 Å². The minimum absolute atomic E-state index is 0.211. The topological polar surface area (TPSA) is 46.0 Å². The standard InChI is InChI=1S/C13H9FN2OS/c14-10-7-15-3-1-9(10)13(17)8-5-12-11(16-6-8)2-4-18-12/h1-7,13,17H. The van der Waals surface area contributed by atoms with Crippen LogP contribution in [0.4, 0.5) is 4.39 Å². The molecule has 0 spiro atoms. The molecule has 0 aromatic carbocycles. The van der Waals surface area contributed by atoms with E-state index < -0.39 is 11.9 Å². The zero-order chi connectivity index (χ0) is 12.5. The molecule has 90 valence electrons. The highest BCUT2D eigenvalue weighted by Crippen LogP contribution is 2.27. The summed E-state index contributed by atoms with van der Waals surface area (Å²) in [6, 6.07) is 5.21. The monoisotopic (exact) mass is 260 g/mol. The molecule has 3 heterocycles. The van der Waals surface area contributed by atoms with E-state index in [9.17, 15) is 9.50 Å². The van der Waals surface area contributed by atoms with E-state index in [1.807, 2.05) is 17.5 Å². The lowest BCUT2D eigenvalue weighted by Crippen LogP contribution is -2.03. The molecule has 0 saturated carbocycles. The molecule has 3 aromatic heterocycles. The molecule has 0 aliphatic carbocycles.